The number of carbonyl (C=O) groups is 3. The predicted octanol–water partition coefficient (Wildman–Crippen LogP) is -8.09. The Morgan fingerprint density at radius 1 is 0.526 bits per heavy atom. The number of nitrogens with zero attached hydrogens (tertiary/aromatic N) is 1. The van der Waals surface area contributed by atoms with Crippen LogP contribution in [0.25, 0.3) is 0 Å². The molecule has 0 spiro atoms. The van der Waals surface area contributed by atoms with Gasteiger partial charge in [0.25, 0.3) is 11.8 Å². The Morgan fingerprint density at radius 3 is 1.36 bits per heavy atom. The molecular weight excluding hydrogens is 1060 g/mol. The van der Waals surface area contributed by atoms with Crippen molar-refractivity contribution >= 4 is 17.8 Å². The van der Waals surface area contributed by atoms with Crippen molar-refractivity contribution in [3.8, 4) is 0 Å². The summed E-state index contributed by atoms with van der Waals surface area (Å²) in [6.07, 6.45) is -46.8. The lowest BCUT2D eigenvalue weighted by molar-refractivity contribution is -0.407. The fraction of sp³-hybridized carbons (Fsp3) is 0.936. The molecule has 78 heavy (non-hydrogen) atoms. The minimum Gasteiger partial charge on any atom is -0.394 e. The van der Waals surface area contributed by atoms with Crippen LogP contribution in [0.15, 0.2) is 0 Å². The molecule has 452 valence electrons. The van der Waals surface area contributed by atoms with Crippen LogP contribution < -0.4 is 0 Å². The van der Waals surface area contributed by atoms with Gasteiger partial charge in [-0.2, -0.15) is 0 Å². The van der Waals surface area contributed by atoms with E-state index in [2.05, 4.69) is 0 Å². The number of aliphatic hydroxyl groups is 15. The molecule has 6 aliphatic heterocycles. The molecule has 2 amide bonds. The van der Waals surface area contributed by atoms with Gasteiger partial charge in [0, 0.05) is 19.4 Å². The van der Waals surface area contributed by atoms with Crippen molar-refractivity contribution in [2.24, 2.45) is 0 Å². The SMILES string of the molecule is CCC(CC)OC1C(O)[C@H](O)C(CO)O[C@@H]1OC1C(O)[C@H](O)C(CO)O[C@@H]1OC1C(O)[C@H](O)C(CO)O[C@@H]1OC1C(O)[C@@H](OC2C(O)[C@@H](C(C)(CC)OCCCC(=O)ON3C(=O)CCC3=O)OC(CO)[C@H]2O)OC(CO)[C@H]1O. The van der Waals surface area contributed by atoms with Gasteiger partial charge in [-0.05, 0) is 32.6 Å². The first-order chi connectivity index (χ1) is 37.1. The van der Waals surface area contributed by atoms with Gasteiger partial charge in [0.2, 0.25) is 0 Å². The third-order valence-corrected chi connectivity index (χ3v) is 15.0. The molecule has 0 aromatic heterocycles. The number of aliphatic hydroxyl groups excluding tert-OH is 15. The lowest BCUT2D eigenvalue weighted by atomic mass is 9.84. The Bertz CT molecular complexity index is 1880. The number of ether oxygens (including phenoxy) is 11. The van der Waals surface area contributed by atoms with Crippen LogP contribution in [0.4, 0.5) is 0 Å². The fourth-order valence-corrected chi connectivity index (χ4v) is 10.0. The van der Waals surface area contributed by atoms with Gasteiger partial charge in [0.1, 0.15) is 128 Å². The van der Waals surface area contributed by atoms with E-state index in [9.17, 15) is 91.0 Å². The quantitative estimate of drug-likeness (QED) is 0.0298. The third kappa shape index (κ3) is 14.1. The molecule has 6 rings (SSSR count). The number of rotatable bonds is 25. The van der Waals surface area contributed by atoms with Crippen LogP contribution in [-0.4, -0.2) is 304 Å². The molecule has 6 saturated heterocycles. The van der Waals surface area contributed by atoms with Gasteiger partial charge in [0.15, 0.2) is 25.2 Å². The Balaban J connectivity index is 1.23. The maximum Gasteiger partial charge on any atom is 0.333 e. The summed E-state index contributed by atoms with van der Waals surface area (Å²) in [4.78, 5) is 41.1. The van der Waals surface area contributed by atoms with E-state index < -0.39 is 216 Å². The smallest absolute Gasteiger partial charge is 0.333 e. The monoisotopic (exact) mass is 1140 g/mol. The van der Waals surface area contributed by atoms with E-state index in [1.165, 1.54) is 6.92 Å². The number of hydrogen-bond donors (Lipinski definition) is 15. The van der Waals surface area contributed by atoms with Crippen molar-refractivity contribution < 1.29 is 148 Å². The molecule has 31 nitrogen and oxygen atoms in total. The van der Waals surface area contributed by atoms with Gasteiger partial charge in [0.05, 0.1) is 51.2 Å². The van der Waals surface area contributed by atoms with Crippen molar-refractivity contribution in [1.29, 1.82) is 0 Å². The maximum absolute atomic E-state index is 12.4. The van der Waals surface area contributed by atoms with E-state index in [1.54, 1.807) is 20.8 Å². The van der Waals surface area contributed by atoms with E-state index in [-0.39, 0.29) is 38.7 Å². The summed E-state index contributed by atoms with van der Waals surface area (Å²) in [7, 11) is 0. The second kappa shape index (κ2) is 28.7. The van der Waals surface area contributed by atoms with E-state index in [0.717, 1.165) is 0 Å². The van der Waals surface area contributed by atoms with Crippen LogP contribution >= 0.6 is 0 Å². The molecule has 31 heteroatoms. The second-order valence-corrected chi connectivity index (χ2v) is 20.2. The molecule has 6 fully saturated rings. The summed E-state index contributed by atoms with van der Waals surface area (Å²) in [5, 5.41) is 165. The molecule has 0 radical (unpaired) electrons. The summed E-state index contributed by atoms with van der Waals surface area (Å²) >= 11 is 0. The highest BCUT2D eigenvalue weighted by atomic mass is 16.8. The van der Waals surface area contributed by atoms with Crippen LogP contribution in [0, 0.1) is 0 Å². The van der Waals surface area contributed by atoms with E-state index in [0.29, 0.717) is 17.9 Å². The van der Waals surface area contributed by atoms with E-state index >= 15 is 0 Å². The average molecular weight is 1140 g/mol. The topological polar surface area (TPSA) is 469 Å². The summed E-state index contributed by atoms with van der Waals surface area (Å²) in [6.45, 7) is 1.86. The van der Waals surface area contributed by atoms with Crippen molar-refractivity contribution in [3.63, 3.8) is 0 Å². The first-order valence-corrected chi connectivity index (χ1v) is 26.2. The van der Waals surface area contributed by atoms with Crippen molar-refractivity contribution in [2.45, 2.75) is 238 Å². The first-order valence-electron chi connectivity index (χ1n) is 26.2. The van der Waals surface area contributed by atoms with Gasteiger partial charge >= 0.3 is 5.97 Å². The minimum absolute atomic E-state index is 0.0117. The van der Waals surface area contributed by atoms with Gasteiger partial charge in [-0.3, -0.25) is 9.59 Å². The molecule has 0 saturated carbocycles. The van der Waals surface area contributed by atoms with Gasteiger partial charge in [-0.1, -0.05) is 20.8 Å². The van der Waals surface area contributed by atoms with Crippen LogP contribution in [0.3, 0.4) is 0 Å². The molecule has 26 atom stereocenters. The average Bonchev–Trinajstić information content (AvgIpc) is 3.76. The second-order valence-electron chi connectivity index (χ2n) is 20.2. The van der Waals surface area contributed by atoms with Crippen molar-refractivity contribution in [1.82, 2.24) is 5.06 Å². The van der Waals surface area contributed by atoms with Gasteiger partial charge in [-0.15, -0.1) is 5.06 Å². The number of hydrogen-bond acceptors (Lipinski definition) is 30. The van der Waals surface area contributed by atoms with Crippen LogP contribution in [0.2, 0.25) is 0 Å². The summed E-state index contributed by atoms with van der Waals surface area (Å²) in [6, 6.07) is 0. The molecule has 15 N–H and O–H groups in total. The summed E-state index contributed by atoms with van der Waals surface area (Å²) < 4.78 is 65.5. The van der Waals surface area contributed by atoms with Gasteiger partial charge in [-0.25, -0.2) is 4.79 Å². The van der Waals surface area contributed by atoms with E-state index in [4.69, 9.17) is 56.9 Å². The first kappa shape index (κ1) is 64.7. The normalized spacial score (nSPS) is 43.5. The lowest BCUT2D eigenvalue weighted by Gasteiger charge is -2.51. The highest BCUT2D eigenvalue weighted by molar-refractivity contribution is 6.01. The zero-order valence-electron chi connectivity index (χ0n) is 43.5. The molecule has 6 aliphatic rings. The van der Waals surface area contributed by atoms with Crippen molar-refractivity contribution in [3.05, 3.63) is 0 Å². The van der Waals surface area contributed by atoms with Crippen molar-refractivity contribution in [2.75, 3.05) is 39.6 Å². The Labute approximate surface area is 447 Å². The van der Waals surface area contributed by atoms with Crippen LogP contribution in [0.1, 0.15) is 72.6 Å². The Morgan fingerprint density at radius 2 is 0.910 bits per heavy atom. The maximum atomic E-state index is 12.4. The minimum atomic E-state index is -2.22. The molecule has 0 aromatic rings. The third-order valence-electron chi connectivity index (χ3n) is 15.0. The fourth-order valence-electron chi connectivity index (χ4n) is 10.0. The zero-order chi connectivity index (χ0) is 57.5. The predicted molar refractivity (Wildman–Crippen MR) is 249 cm³/mol. The lowest BCUT2D eigenvalue weighted by Crippen LogP contribution is -2.69. The number of amides is 2. The highest BCUT2D eigenvalue weighted by Crippen LogP contribution is 2.39. The highest BCUT2D eigenvalue weighted by Gasteiger charge is 2.59. The zero-order valence-corrected chi connectivity index (χ0v) is 43.5. The molecule has 6 heterocycles. The molecule has 0 bridgehead atoms. The van der Waals surface area contributed by atoms with Gasteiger partial charge < -0.3 is 134 Å². The van der Waals surface area contributed by atoms with Crippen LogP contribution in [-0.2, 0) is 71.3 Å². The molecular formula is C47H79NO30. The largest absolute Gasteiger partial charge is 0.394 e. The Kier molecular flexibility index (Phi) is 23.8. The summed E-state index contributed by atoms with van der Waals surface area (Å²) in [5.74, 6) is -2.23. The van der Waals surface area contributed by atoms with E-state index in [1.807, 2.05) is 0 Å². The number of carbonyl (C=O) groups excluding carboxylic acids is 3. The molecule has 0 aromatic carbocycles. The number of hydroxylamine groups is 2. The molecule has 0 aliphatic carbocycles. The van der Waals surface area contributed by atoms with Crippen LogP contribution in [0.5, 0.6) is 0 Å². The number of imide groups is 1. The standard InChI is InChI=1S/C47H79NO30/c1-5-18(6-2)68-39-32(62)27(57)19(13-49)71-44(39)76-41-34(64)29(59)21(15-51)73-46(41)77-40-33(63)28(58)20(14-50)72-45(40)75-38-31(61)23(17-53)70-43(36(38)66)74-37-30(60)22(16-52)69-42(35(37)65)47(4,7-3)67-12-8-9-26(56)78-48-24(54)10-11-25(48)55/h18-23,27-46,49-53,57-66H,5-17H2,1-4H3/t19?,20?,21?,22?,23?,27-,28-,29-,30-,31-,32?,33?,34?,35?,36?,37?,38?,39?,40?,41?,42+,43-,44-,45-,46-,47?/m1/s1. The molecule has 16 unspecified atom stereocenters. The summed E-state index contributed by atoms with van der Waals surface area (Å²) in [5.41, 5.74) is -1.47. The Hall–Kier alpha value is -2.43.